The topological polar surface area (TPSA) is 41.1 Å². The molecular weight excluding hydrogens is 200 g/mol. The van der Waals surface area contributed by atoms with Crippen molar-refractivity contribution in [3.05, 3.63) is 35.9 Å². The minimum Gasteiger partial charge on any atom is -0.356 e. The van der Waals surface area contributed by atoms with Crippen LogP contribution in [0.1, 0.15) is 18.9 Å². The molecule has 1 aromatic carbocycles. The van der Waals surface area contributed by atoms with Gasteiger partial charge in [-0.1, -0.05) is 30.3 Å². The number of rotatable bonds is 6. The first kappa shape index (κ1) is 12.7. The second-order valence-electron chi connectivity index (χ2n) is 3.98. The lowest BCUT2D eigenvalue weighted by Crippen LogP contribution is -2.32. The molecule has 1 aromatic rings. The van der Waals surface area contributed by atoms with Crippen LogP contribution in [0.4, 0.5) is 0 Å². The highest BCUT2D eigenvalue weighted by Crippen LogP contribution is 1.98. The van der Waals surface area contributed by atoms with Crippen LogP contribution in [-0.4, -0.2) is 25.5 Å². The fraction of sp³-hybridized carbons (Fsp3) is 0.462. The molecule has 88 valence electrons. The summed E-state index contributed by atoms with van der Waals surface area (Å²) >= 11 is 0. The fourth-order valence-electron chi connectivity index (χ4n) is 1.44. The van der Waals surface area contributed by atoms with Gasteiger partial charge in [-0.3, -0.25) is 4.79 Å². The minimum absolute atomic E-state index is 0.109. The van der Waals surface area contributed by atoms with Gasteiger partial charge in [-0.25, -0.2) is 0 Å². The summed E-state index contributed by atoms with van der Waals surface area (Å²) in [5, 5.41) is 5.96. The molecular formula is C13H20N2O. The van der Waals surface area contributed by atoms with Crippen molar-refractivity contribution < 1.29 is 4.79 Å². The number of amides is 1. The Labute approximate surface area is 97.2 Å². The second kappa shape index (κ2) is 7.01. The van der Waals surface area contributed by atoms with E-state index in [4.69, 9.17) is 0 Å². The van der Waals surface area contributed by atoms with Crippen LogP contribution in [-0.2, 0) is 11.2 Å². The summed E-state index contributed by atoms with van der Waals surface area (Å²) in [5.74, 6) is 0.109. The van der Waals surface area contributed by atoms with E-state index in [0.717, 1.165) is 6.42 Å². The zero-order valence-corrected chi connectivity index (χ0v) is 9.99. The maximum atomic E-state index is 11.5. The highest BCUT2D eigenvalue weighted by atomic mass is 16.1. The lowest BCUT2D eigenvalue weighted by molar-refractivity contribution is -0.121. The summed E-state index contributed by atoms with van der Waals surface area (Å²) < 4.78 is 0. The minimum atomic E-state index is 0.109. The van der Waals surface area contributed by atoms with Gasteiger partial charge in [0.25, 0.3) is 0 Å². The van der Waals surface area contributed by atoms with Crippen LogP contribution in [0.25, 0.3) is 0 Å². The maximum absolute atomic E-state index is 11.5. The molecule has 16 heavy (non-hydrogen) atoms. The van der Waals surface area contributed by atoms with Crippen LogP contribution < -0.4 is 10.6 Å². The highest BCUT2D eigenvalue weighted by Gasteiger charge is 2.05. The van der Waals surface area contributed by atoms with E-state index in [9.17, 15) is 4.79 Å². The van der Waals surface area contributed by atoms with Crippen molar-refractivity contribution in [2.45, 2.75) is 25.8 Å². The summed E-state index contributed by atoms with van der Waals surface area (Å²) in [7, 11) is 1.86. The lowest BCUT2D eigenvalue weighted by atomic mass is 10.1. The third-order valence-corrected chi connectivity index (χ3v) is 2.56. The van der Waals surface area contributed by atoms with Crippen molar-refractivity contribution in [3.8, 4) is 0 Å². The first-order valence-electron chi connectivity index (χ1n) is 5.70. The molecule has 3 nitrogen and oxygen atoms in total. The normalized spacial score (nSPS) is 12.1. The molecule has 0 fully saturated rings. The van der Waals surface area contributed by atoms with Crippen molar-refractivity contribution in [2.75, 3.05) is 13.6 Å². The molecule has 1 amide bonds. The fourth-order valence-corrected chi connectivity index (χ4v) is 1.44. The third kappa shape index (κ3) is 4.94. The van der Waals surface area contributed by atoms with E-state index >= 15 is 0 Å². The van der Waals surface area contributed by atoms with Crippen LogP contribution in [0.5, 0.6) is 0 Å². The van der Waals surface area contributed by atoms with Crippen molar-refractivity contribution in [1.29, 1.82) is 0 Å². The SMILES string of the molecule is CNC(C)CC(=O)NCCc1ccccc1. The third-order valence-electron chi connectivity index (χ3n) is 2.56. The van der Waals surface area contributed by atoms with Gasteiger partial charge in [0.15, 0.2) is 0 Å². The Balaban J connectivity index is 2.18. The molecule has 0 spiro atoms. The van der Waals surface area contributed by atoms with Crippen LogP contribution in [0.2, 0.25) is 0 Å². The quantitative estimate of drug-likeness (QED) is 0.759. The van der Waals surface area contributed by atoms with E-state index in [0.29, 0.717) is 13.0 Å². The zero-order chi connectivity index (χ0) is 11.8. The molecule has 0 aliphatic rings. The second-order valence-corrected chi connectivity index (χ2v) is 3.98. The molecule has 2 N–H and O–H groups in total. The Morgan fingerprint density at radius 1 is 1.31 bits per heavy atom. The predicted molar refractivity (Wildman–Crippen MR) is 66.3 cm³/mol. The van der Waals surface area contributed by atoms with Gasteiger partial charge in [0.2, 0.25) is 5.91 Å². The molecule has 3 heteroatoms. The molecule has 0 radical (unpaired) electrons. The van der Waals surface area contributed by atoms with Gasteiger partial charge < -0.3 is 10.6 Å². The van der Waals surface area contributed by atoms with Crippen molar-refractivity contribution in [2.24, 2.45) is 0 Å². The van der Waals surface area contributed by atoms with Gasteiger partial charge in [-0.05, 0) is 26.0 Å². The Bertz CT molecular complexity index is 311. The van der Waals surface area contributed by atoms with Crippen LogP contribution >= 0.6 is 0 Å². The van der Waals surface area contributed by atoms with Gasteiger partial charge in [0.05, 0.1) is 0 Å². The molecule has 0 bridgehead atoms. The van der Waals surface area contributed by atoms with Gasteiger partial charge in [-0.2, -0.15) is 0 Å². The summed E-state index contributed by atoms with van der Waals surface area (Å²) in [4.78, 5) is 11.5. The van der Waals surface area contributed by atoms with E-state index < -0.39 is 0 Å². The summed E-state index contributed by atoms with van der Waals surface area (Å²) in [6.45, 7) is 2.70. The number of benzene rings is 1. The standard InChI is InChI=1S/C13H20N2O/c1-11(14-2)10-13(16)15-9-8-12-6-4-3-5-7-12/h3-7,11,14H,8-10H2,1-2H3,(H,15,16). The van der Waals surface area contributed by atoms with Crippen LogP contribution in [0.15, 0.2) is 30.3 Å². The molecule has 0 saturated heterocycles. The Hall–Kier alpha value is -1.35. The molecule has 0 aliphatic carbocycles. The molecule has 1 unspecified atom stereocenters. The van der Waals surface area contributed by atoms with E-state index in [2.05, 4.69) is 22.8 Å². The average molecular weight is 220 g/mol. The highest BCUT2D eigenvalue weighted by molar-refractivity contribution is 5.76. The van der Waals surface area contributed by atoms with E-state index in [1.807, 2.05) is 32.2 Å². The predicted octanol–water partition coefficient (Wildman–Crippen LogP) is 1.34. The first-order valence-corrected chi connectivity index (χ1v) is 5.70. The number of carbonyl (C=O) groups excluding carboxylic acids is 1. The van der Waals surface area contributed by atoms with Crippen molar-refractivity contribution in [1.82, 2.24) is 10.6 Å². The monoisotopic (exact) mass is 220 g/mol. The van der Waals surface area contributed by atoms with Crippen molar-refractivity contribution in [3.63, 3.8) is 0 Å². The Morgan fingerprint density at radius 2 is 2.00 bits per heavy atom. The Morgan fingerprint density at radius 3 is 2.62 bits per heavy atom. The number of carbonyl (C=O) groups is 1. The van der Waals surface area contributed by atoms with Crippen LogP contribution in [0.3, 0.4) is 0 Å². The van der Waals surface area contributed by atoms with Gasteiger partial charge in [0.1, 0.15) is 0 Å². The maximum Gasteiger partial charge on any atom is 0.221 e. The largest absolute Gasteiger partial charge is 0.356 e. The summed E-state index contributed by atoms with van der Waals surface area (Å²) in [6.07, 6.45) is 1.42. The lowest BCUT2D eigenvalue weighted by Gasteiger charge is -2.10. The molecule has 1 rings (SSSR count). The molecule has 0 aliphatic heterocycles. The first-order chi connectivity index (χ1) is 7.72. The molecule has 1 atom stereocenters. The Kier molecular flexibility index (Phi) is 5.57. The zero-order valence-electron chi connectivity index (χ0n) is 9.99. The van der Waals surface area contributed by atoms with Gasteiger partial charge >= 0.3 is 0 Å². The number of hydrogen-bond donors (Lipinski definition) is 2. The van der Waals surface area contributed by atoms with E-state index in [-0.39, 0.29) is 11.9 Å². The number of nitrogens with one attached hydrogen (secondary N) is 2. The molecule has 0 heterocycles. The van der Waals surface area contributed by atoms with E-state index in [1.54, 1.807) is 0 Å². The average Bonchev–Trinajstić information content (AvgIpc) is 2.30. The summed E-state index contributed by atoms with van der Waals surface area (Å²) in [5.41, 5.74) is 1.25. The van der Waals surface area contributed by atoms with Crippen LogP contribution in [0, 0.1) is 0 Å². The molecule has 0 saturated carbocycles. The van der Waals surface area contributed by atoms with Crippen molar-refractivity contribution >= 4 is 5.91 Å². The van der Waals surface area contributed by atoms with Gasteiger partial charge in [-0.15, -0.1) is 0 Å². The summed E-state index contributed by atoms with van der Waals surface area (Å²) in [6, 6.07) is 10.4. The smallest absolute Gasteiger partial charge is 0.221 e. The van der Waals surface area contributed by atoms with E-state index in [1.165, 1.54) is 5.56 Å². The number of hydrogen-bond acceptors (Lipinski definition) is 2. The molecule has 0 aromatic heterocycles. The van der Waals surface area contributed by atoms with Gasteiger partial charge in [0, 0.05) is 19.0 Å².